The highest BCUT2D eigenvalue weighted by molar-refractivity contribution is 5.92. The topological polar surface area (TPSA) is 99.3 Å². The minimum Gasteiger partial charge on any atom is -0.433 e. The molecule has 0 unspecified atom stereocenters. The number of halogens is 4. The number of ether oxygens (including phenoxy) is 1. The maximum atomic E-state index is 12.9. The smallest absolute Gasteiger partial charge is 0.387 e. The van der Waals surface area contributed by atoms with Gasteiger partial charge < -0.3 is 10.1 Å². The molecule has 2 rings (SSSR count). The first-order valence-electron chi connectivity index (χ1n) is 7.45. The van der Waals surface area contributed by atoms with Gasteiger partial charge in [0.1, 0.15) is 18.0 Å². The van der Waals surface area contributed by atoms with Gasteiger partial charge >= 0.3 is 12.3 Å². The fourth-order valence-electron chi connectivity index (χ4n) is 2.35. The Hall–Kier alpha value is -3.18. The molecule has 0 saturated heterocycles. The van der Waals surface area contributed by atoms with Gasteiger partial charge in [-0.15, -0.1) is 0 Å². The standard InChI is InChI=1S/C15H14F4N4O4/c1-7-3-4-10(27-15(18)19)9(5-7)20-11(24)6-22-8(2)13(23(25)26)12(21-22)14(16)17/h3-5,14-15H,6H2,1-2H3,(H,20,24). The molecule has 0 fully saturated rings. The van der Waals surface area contributed by atoms with E-state index in [1.54, 1.807) is 6.92 Å². The fraction of sp³-hybridized carbons (Fsp3) is 0.333. The number of carbonyl (C=O) groups is 1. The molecule has 1 amide bonds. The zero-order valence-corrected chi connectivity index (χ0v) is 14.1. The molecule has 0 radical (unpaired) electrons. The van der Waals surface area contributed by atoms with E-state index in [1.165, 1.54) is 25.1 Å². The molecule has 1 heterocycles. The Labute approximate surface area is 149 Å². The van der Waals surface area contributed by atoms with Crippen LogP contribution >= 0.6 is 0 Å². The molecule has 2 aromatic rings. The van der Waals surface area contributed by atoms with Crippen molar-refractivity contribution in [1.29, 1.82) is 0 Å². The fourth-order valence-corrected chi connectivity index (χ4v) is 2.35. The molecular formula is C15H14F4N4O4. The normalized spacial score (nSPS) is 11.1. The van der Waals surface area contributed by atoms with E-state index >= 15 is 0 Å². The zero-order valence-electron chi connectivity index (χ0n) is 14.1. The van der Waals surface area contributed by atoms with E-state index in [4.69, 9.17) is 0 Å². The highest BCUT2D eigenvalue weighted by atomic mass is 19.3. The third kappa shape index (κ3) is 4.71. The van der Waals surface area contributed by atoms with Crippen molar-refractivity contribution in [3.63, 3.8) is 0 Å². The number of nitrogens with zero attached hydrogens (tertiary/aromatic N) is 3. The second-order valence-electron chi connectivity index (χ2n) is 5.46. The molecule has 1 aromatic heterocycles. The van der Waals surface area contributed by atoms with Gasteiger partial charge in [0.05, 0.1) is 10.6 Å². The number of anilines is 1. The second-order valence-corrected chi connectivity index (χ2v) is 5.46. The molecule has 0 saturated carbocycles. The van der Waals surface area contributed by atoms with E-state index < -0.39 is 41.8 Å². The van der Waals surface area contributed by atoms with Crippen molar-refractivity contribution in [2.45, 2.75) is 33.4 Å². The van der Waals surface area contributed by atoms with Crippen LogP contribution in [0, 0.1) is 24.0 Å². The summed E-state index contributed by atoms with van der Waals surface area (Å²) in [6, 6.07) is 4.10. The predicted octanol–water partition coefficient (Wildman–Crippen LogP) is 3.59. The quantitative estimate of drug-likeness (QED) is 0.443. The highest BCUT2D eigenvalue weighted by Gasteiger charge is 2.31. The molecule has 12 heteroatoms. The number of alkyl halides is 4. The number of hydrogen-bond acceptors (Lipinski definition) is 5. The average molecular weight is 390 g/mol. The van der Waals surface area contributed by atoms with Crippen molar-refractivity contribution < 1.29 is 32.0 Å². The van der Waals surface area contributed by atoms with Gasteiger partial charge in [-0.1, -0.05) is 6.07 Å². The van der Waals surface area contributed by atoms with Gasteiger partial charge in [-0.3, -0.25) is 19.6 Å². The van der Waals surface area contributed by atoms with E-state index in [0.717, 1.165) is 4.68 Å². The Balaban J connectivity index is 2.26. The second kappa shape index (κ2) is 8.01. The van der Waals surface area contributed by atoms with Gasteiger partial charge in [-0.2, -0.15) is 13.9 Å². The van der Waals surface area contributed by atoms with Crippen LogP contribution in [0.1, 0.15) is 23.4 Å². The summed E-state index contributed by atoms with van der Waals surface area (Å²) in [6.45, 7) is -0.936. The maximum Gasteiger partial charge on any atom is 0.387 e. The molecule has 1 aromatic carbocycles. The third-order valence-corrected chi connectivity index (χ3v) is 3.51. The van der Waals surface area contributed by atoms with E-state index in [2.05, 4.69) is 15.2 Å². The summed E-state index contributed by atoms with van der Waals surface area (Å²) in [4.78, 5) is 22.1. The van der Waals surface area contributed by atoms with Gasteiger partial charge in [0.2, 0.25) is 11.6 Å². The number of aryl methyl sites for hydroxylation is 1. The number of amides is 1. The summed E-state index contributed by atoms with van der Waals surface area (Å²) >= 11 is 0. The van der Waals surface area contributed by atoms with Crippen LogP contribution in [0.15, 0.2) is 18.2 Å². The maximum absolute atomic E-state index is 12.9. The largest absolute Gasteiger partial charge is 0.433 e. The summed E-state index contributed by atoms with van der Waals surface area (Å²) in [6.07, 6.45) is -3.20. The van der Waals surface area contributed by atoms with Crippen LogP contribution in [-0.2, 0) is 11.3 Å². The Morgan fingerprint density at radius 3 is 2.52 bits per heavy atom. The first kappa shape index (κ1) is 20.1. The van der Waals surface area contributed by atoms with Gasteiger partial charge in [-0.25, -0.2) is 8.78 Å². The molecule has 0 spiro atoms. The molecule has 146 valence electrons. The van der Waals surface area contributed by atoms with Crippen LogP contribution in [0.25, 0.3) is 0 Å². The molecule has 1 N–H and O–H groups in total. The van der Waals surface area contributed by atoms with E-state index in [9.17, 15) is 32.5 Å². The monoisotopic (exact) mass is 390 g/mol. The van der Waals surface area contributed by atoms with Crippen molar-refractivity contribution in [2.75, 3.05) is 5.32 Å². The summed E-state index contributed by atoms with van der Waals surface area (Å²) in [7, 11) is 0. The molecule has 0 aliphatic heterocycles. The van der Waals surface area contributed by atoms with Crippen molar-refractivity contribution in [1.82, 2.24) is 9.78 Å². The first-order valence-corrected chi connectivity index (χ1v) is 7.45. The summed E-state index contributed by atoms with van der Waals surface area (Å²) in [5.41, 5.74) is -1.59. The van der Waals surface area contributed by atoms with E-state index in [1.807, 2.05) is 0 Å². The molecule has 0 atom stereocenters. The highest BCUT2D eigenvalue weighted by Crippen LogP contribution is 2.31. The number of nitro groups is 1. The first-order chi connectivity index (χ1) is 12.6. The van der Waals surface area contributed by atoms with Gasteiger partial charge in [0, 0.05) is 0 Å². The van der Waals surface area contributed by atoms with Gasteiger partial charge in [0.25, 0.3) is 6.43 Å². The lowest BCUT2D eigenvalue weighted by atomic mass is 10.2. The summed E-state index contributed by atoms with van der Waals surface area (Å²) in [5, 5.41) is 16.7. The number of benzene rings is 1. The molecule has 8 nitrogen and oxygen atoms in total. The number of nitrogens with one attached hydrogen (secondary N) is 1. The minimum absolute atomic E-state index is 0.0614. The van der Waals surface area contributed by atoms with E-state index in [0.29, 0.717) is 5.56 Å². The Morgan fingerprint density at radius 2 is 2.00 bits per heavy atom. The van der Waals surface area contributed by atoms with Crippen LogP contribution in [0.3, 0.4) is 0 Å². The van der Waals surface area contributed by atoms with E-state index in [-0.39, 0.29) is 17.1 Å². The average Bonchev–Trinajstić information content (AvgIpc) is 2.86. The van der Waals surface area contributed by atoms with Crippen molar-refractivity contribution >= 4 is 17.3 Å². The van der Waals surface area contributed by atoms with Crippen LogP contribution in [0.2, 0.25) is 0 Å². The van der Waals surface area contributed by atoms with Crippen molar-refractivity contribution in [3.8, 4) is 5.75 Å². The Kier molecular flexibility index (Phi) is 5.98. The Bertz CT molecular complexity index is 870. The lowest BCUT2D eigenvalue weighted by Crippen LogP contribution is -2.21. The van der Waals surface area contributed by atoms with Gasteiger partial charge in [-0.05, 0) is 31.5 Å². The number of hydrogen-bond donors (Lipinski definition) is 1. The Morgan fingerprint density at radius 1 is 1.33 bits per heavy atom. The molecule has 0 bridgehead atoms. The van der Waals surface area contributed by atoms with Crippen LogP contribution in [-0.4, -0.2) is 27.2 Å². The lowest BCUT2D eigenvalue weighted by molar-refractivity contribution is -0.386. The van der Waals surface area contributed by atoms with Crippen LogP contribution in [0.4, 0.5) is 28.9 Å². The summed E-state index contributed by atoms with van der Waals surface area (Å²) in [5.74, 6) is -1.11. The predicted molar refractivity (Wildman–Crippen MR) is 85.0 cm³/mol. The third-order valence-electron chi connectivity index (χ3n) is 3.51. The van der Waals surface area contributed by atoms with Crippen molar-refractivity contribution in [3.05, 3.63) is 45.3 Å². The molecule has 27 heavy (non-hydrogen) atoms. The SMILES string of the molecule is Cc1ccc(OC(F)F)c(NC(=O)Cn2nc(C(F)F)c([N+](=O)[O-])c2C)c1. The lowest BCUT2D eigenvalue weighted by Gasteiger charge is -2.13. The van der Waals surface area contributed by atoms with Gasteiger partial charge in [0.15, 0.2) is 0 Å². The van der Waals surface area contributed by atoms with Crippen molar-refractivity contribution in [2.24, 2.45) is 0 Å². The number of rotatable bonds is 7. The molecule has 0 aliphatic rings. The molecule has 0 aliphatic carbocycles. The minimum atomic E-state index is -3.20. The zero-order chi connectivity index (χ0) is 20.3. The number of aromatic nitrogens is 2. The molecular weight excluding hydrogens is 376 g/mol. The summed E-state index contributed by atoms with van der Waals surface area (Å²) < 4.78 is 55.8. The van der Waals surface area contributed by atoms with Crippen LogP contribution in [0.5, 0.6) is 5.75 Å². The van der Waals surface area contributed by atoms with Crippen LogP contribution < -0.4 is 10.1 Å². The number of carbonyl (C=O) groups excluding carboxylic acids is 1.